The fourth-order valence-electron chi connectivity index (χ4n) is 1.02. The van der Waals surface area contributed by atoms with Crippen molar-refractivity contribution in [1.29, 1.82) is 0 Å². The highest BCUT2D eigenvalue weighted by atomic mass is 16.5. The average Bonchev–Trinajstić information content (AvgIpc) is 2.05. The van der Waals surface area contributed by atoms with Crippen LogP contribution in [0.25, 0.3) is 0 Å². The largest absolute Gasteiger partial charge is 0.361 e. The molecule has 1 aliphatic rings. The highest BCUT2D eigenvalue weighted by Crippen LogP contribution is 2.02. The molecule has 1 heterocycles. The Kier molecular flexibility index (Phi) is 2.68. The van der Waals surface area contributed by atoms with Gasteiger partial charge in [-0.1, -0.05) is 6.92 Å². The van der Waals surface area contributed by atoms with Crippen molar-refractivity contribution in [3.8, 4) is 0 Å². The number of ether oxygens (including phenoxy) is 1. The molecule has 1 saturated heterocycles. The molecule has 3 heteroatoms. The summed E-state index contributed by atoms with van der Waals surface area (Å²) in [4.78, 5) is 12.8. The summed E-state index contributed by atoms with van der Waals surface area (Å²) < 4.78 is 5.11. The second-order valence-electron chi connectivity index (χ2n) is 2.40. The molecule has 1 rings (SSSR count). The first-order valence-electron chi connectivity index (χ1n) is 3.70. The molecule has 1 fully saturated rings. The fraction of sp³-hybridized carbons (Fsp3) is 0.857. The second-order valence-corrected chi connectivity index (χ2v) is 2.40. The van der Waals surface area contributed by atoms with Gasteiger partial charge in [0.25, 0.3) is 0 Å². The van der Waals surface area contributed by atoms with Gasteiger partial charge in [-0.25, -0.2) is 0 Å². The van der Waals surface area contributed by atoms with Gasteiger partial charge in [-0.2, -0.15) is 0 Å². The normalized spacial score (nSPS) is 19.1. The molecule has 0 N–H and O–H groups in total. The van der Waals surface area contributed by atoms with Crippen LogP contribution in [0.2, 0.25) is 0 Å². The minimum Gasteiger partial charge on any atom is -0.361 e. The quantitative estimate of drug-likeness (QED) is 0.538. The van der Waals surface area contributed by atoms with Crippen LogP contribution in [0.3, 0.4) is 0 Å². The molecule has 0 bridgehead atoms. The van der Waals surface area contributed by atoms with Gasteiger partial charge in [-0.15, -0.1) is 0 Å². The Labute approximate surface area is 61.0 Å². The van der Waals surface area contributed by atoms with Crippen molar-refractivity contribution in [2.45, 2.75) is 19.8 Å². The molecule has 0 radical (unpaired) electrons. The molecular weight excluding hydrogens is 130 g/mol. The standard InChI is InChI=1S/C7H13NO2/c1-2-7(9)8-4-3-5-10-6-8/h2-6H2,1H3. The van der Waals surface area contributed by atoms with Gasteiger partial charge in [-0.3, -0.25) is 4.79 Å². The van der Waals surface area contributed by atoms with E-state index in [1.165, 1.54) is 0 Å². The van der Waals surface area contributed by atoms with Crippen LogP contribution in [0.1, 0.15) is 19.8 Å². The molecule has 10 heavy (non-hydrogen) atoms. The number of nitrogens with zero attached hydrogens (tertiary/aromatic N) is 1. The number of hydrogen-bond donors (Lipinski definition) is 0. The summed E-state index contributed by atoms with van der Waals surface area (Å²) in [6.45, 7) is 4.03. The van der Waals surface area contributed by atoms with Crippen LogP contribution in [0.4, 0.5) is 0 Å². The zero-order chi connectivity index (χ0) is 7.40. The van der Waals surface area contributed by atoms with Crippen molar-refractivity contribution in [1.82, 2.24) is 4.90 Å². The molecule has 0 aliphatic carbocycles. The Morgan fingerprint density at radius 2 is 2.50 bits per heavy atom. The molecule has 0 aromatic rings. The maximum Gasteiger partial charge on any atom is 0.224 e. The van der Waals surface area contributed by atoms with Gasteiger partial charge in [0.05, 0.1) is 6.61 Å². The van der Waals surface area contributed by atoms with Crippen LogP contribution >= 0.6 is 0 Å². The molecule has 0 atom stereocenters. The number of carbonyl (C=O) groups excluding carboxylic acids is 1. The van der Waals surface area contributed by atoms with E-state index < -0.39 is 0 Å². The number of hydrogen-bond acceptors (Lipinski definition) is 2. The SMILES string of the molecule is CCC(=O)N1CCCOC1. The van der Waals surface area contributed by atoms with E-state index in [1.54, 1.807) is 4.90 Å². The van der Waals surface area contributed by atoms with Gasteiger partial charge in [0.1, 0.15) is 6.73 Å². The molecule has 58 valence electrons. The Balaban J connectivity index is 2.31. The van der Waals surface area contributed by atoms with E-state index in [2.05, 4.69) is 0 Å². The van der Waals surface area contributed by atoms with E-state index in [0.29, 0.717) is 13.2 Å². The summed E-state index contributed by atoms with van der Waals surface area (Å²) >= 11 is 0. The maximum absolute atomic E-state index is 11.0. The minimum absolute atomic E-state index is 0.194. The monoisotopic (exact) mass is 143 g/mol. The lowest BCUT2D eigenvalue weighted by molar-refractivity contribution is -0.140. The van der Waals surface area contributed by atoms with Gasteiger partial charge < -0.3 is 9.64 Å². The Hall–Kier alpha value is -0.570. The van der Waals surface area contributed by atoms with Crippen LogP contribution in [-0.4, -0.2) is 30.7 Å². The van der Waals surface area contributed by atoms with E-state index >= 15 is 0 Å². The van der Waals surface area contributed by atoms with E-state index in [1.807, 2.05) is 6.92 Å². The van der Waals surface area contributed by atoms with Gasteiger partial charge >= 0.3 is 0 Å². The molecule has 0 unspecified atom stereocenters. The Morgan fingerprint density at radius 3 is 3.00 bits per heavy atom. The molecule has 0 aromatic carbocycles. The summed E-state index contributed by atoms with van der Waals surface area (Å²) in [5, 5.41) is 0. The minimum atomic E-state index is 0.194. The Morgan fingerprint density at radius 1 is 1.70 bits per heavy atom. The fourth-order valence-corrected chi connectivity index (χ4v) is 1.02. The van der Waals surface area contributed by atoms with Crippen LogP contribution in [0.5, 0.6) is 0 Å². The van der Waals surface area contributed by atoms with Crippen molar-refractivity contribution in [3.05, 3.63) is 0 Å². The van der Waals surface area contributed by atoms with E-state index in [-0.39, 0.29) is 5.91 Å². The van der Waals surface area contributed by atoms with Gasteiger partial charge in [0.15, 0.2) is 0 Å². The second kappa shape index (κ2) is 3.56. The summed E-state index contributed by atoms with van der Waals surface area (Å²) in [6, 6.07) is 0. The third-order valence-corrected chi connectivity index (χ3v) is 1.62. The predicted octanol–water partition coefficient (Wildman–Crippen LogP) is 0.603. The number of carbonyl (C=O) groups is 1. The van der Waals surface area contributed by atoms with Crippen LogP contribution < -0.4 is 0 Å². The van der Waals surface area contributed by atoms with E-state index in [9.17, 15) is 4.79 Å². The van der Waals surface area contributed by atoms with Crippen LogP contribution in [-0.2, 0) is 9.53 Å². The lowest BCUT2D eigenvalue weighted by Gasteiger charge is -2.26. The van der Waals surface area contributed by atoms with E-state index in [0.717, 1.165) is 19.6 Å². The smallest absolute Gasteiger partial charge is 0.224 e. The van der Waals surface area contributed by atoms with Crippen molar-refractivity contribution >= 4 is 5.91 Å². The summed E-state index contributed by atoms with van der Waals surface area (Å²) in [5.74, 6) is 0.194. The molecule has 1 aliphatic heterocycles. The van der Waals surface area contributed by atoms with Crippen molar-refractivity contribution in [2.24, 2.45) is 0 Å². The maximum atomic E-state index is 11.0. The third-order valence-electron chi connectivity index (χ3n) is 1.62. The van der Waals surface area contributed by atoms with E-state index in [4.69, 9.17) is 4.74 Å². The summed E-state index contributed by atoms with van der Waals surface area (Å²) in [6.07, 6.45) is 1.56. The number of amides is 1. The van der Waals surface area contributed by atoms with Crippen LogP contribution in [0.15, 0.2) is 0 Å². The molecule has 1 amide bonds. The van der Waals surface area contributed by atoms with Gasteiger partial charge in [-0.05, 0) is 6.42 Å². The molecule has 3 nitrogen and oxygen atoms in total. The highest BCUT2D eigenvalue weighted by molar-refractivity contribution is 5.75. The van der Waals surface area contributed by atoms with Crippen molar-refractivity contribution in [3.63, 3.8) is 0 Å². The summed E-state index contributed by atoms with van der Waals surface area (Å²) in [7, 11) is 0. The Bertz CT molecular complexity index is 119. The first kappa shape index (κ1) is 7.54. The topological polar surface area (TPSA) is 29.5 Å². The van der Waals surface area contributed by atoms with Gasteiger partial charge in [0.2, 0.25) is 5.91 Å². The molecule has 0 aromatic heterocycles. The van der Waals surface area contributed by atoms with Crippen molar-refractivity contribution in [2.75, 3.05) is 19.9 Å². The lowest BCUT2D eigenvalue weighted by atomic mass is 10.3. The summed E-state index contributed by atoms with van der Waals surface area (Å²) in [5.41, 5.74) is 0. The first-order chi connectivity index (χ1) is 4.84. The molecule has 0 spiro atoms. The van der Waals surface area contributed by atoms with Crippen LogP contribution in [0, 0.1) is 0 Å². The highest BCUT2D eigenvalue weighted by Gasteiger charge is 2.13. The average molecular weight is 143 g/mol. The molecule has 0 saturated carbocycles. The zero-order valence-electron chi connectivity index (χ0n) is 6.30. The molecular formula is C7H13NO2. The zero-order valence-corrected chi connectivity index (χ0v) is 6.30. The third kappa shape index (κ3) is 1.70. The predicted molar refractivity (Wildman–Crippen MR) is 37.4 cm³/mol. The van der Waals surface area contributed by atoms with Crippen molar-refractivity contribution < 1.29 is 9.53 Å². The lowest BCUT2D eigenvalue weighted by Crippen LogP contribution is -2.37. The first-order valence-corrected chi connectivity index (χ1v) is 3.70. The number of rotatable bonds is 1. The van der Waals surface area contributed by atoms with Gasteiger partial charge in [0, 0.05) is 13.0 Å².